The minimum absolute atomic E-state index is 0.0138. The van der Waals surface area contributed by atoms with Gasteiger partial charge >= 0.3 is 15.5 Å². The van der Waals surface area contributed by atoms with Gasteiger partial charge < -0.3 is 4.74 Å². The van der Waals surface area contributed by atoms with E-state index < -0.39 is 15.5 Å². The predicted molar refractivity (Wildman–Crippen MR) is 113 cm³/mol. The molecule has 0 radical (unpaired) electrons. The van der Waals surface area contributed by atoms with Crippen molar-refractivity contribution in [2.45, 2.75) is 5.51 Å². The number of nitrogens with zero attached hydrogens (tertiary/aromatic N) is 1. The largest absolute Gasteiger partial charge is 0.516 e. The van der Waals surface area contributed by atoms with Gasteiger partial charge in [-0.05, 0) is 47.5 Å². The number of rotatable bonds is 4. The Kier molecular flexibility index (Phi) is 5.47. The van der Waals surface area contributed by atoms with Crippen molar-refractivity contribution in [3.8, 4) is 16.9 Å². The van der Waals surface area contributed by atoms with E-state index in [1.165, 1.54) is 36.4 Å². The monoisotopic (exact) mass is 460 g/mol. The maximum Gasteiger partial charge on any atom is 0.516 e. The molecule has 4 rings (SSSR count). The highest BCUT2D eigenvalue weighted by Gasteiger charge is 2.46. The number of ether oxygens (including phenoxy) is 1. The molecule has 32 heavy (non-hydrogen) atoms. The minimum atomic E-state index is -5.59. The summed E-state index contributed by atoms with van der Waals surface area (Å²) in [7, 11) is -5.59. The Morgan fingerprint density at radius 3 is 2.44 bits per heavy atom. The lowest BCUT2D eigenvalue weighted by Crippen LogP contribution is -2.30. The van der Waals surface area contributed by atoms with Crippen LogP contribution in [0, 0.1) is 0 Å². The van der Waals surface area contributed by atoms with Crippen molar-refractivity contribution in [1.29, 1.82) is 0 Å². The van der Waals surface area contributed by atoms with E-state index in [1.807, 2.05) is 0 Å². The van der Waals surface area contributed by atoms with E-state index in [0.29, 0.717) is 16.7 Å². The number of ketones is 1. The lowest BCUT2D eigenvalue weighted by atomic mass is 9.95. The van der Waals surface area contributed by atoms with Crippen LogP contribution >= 0.6 is 0 Å². The van der Waals surface area contributed by atoms with Crippen LogP contribution in [0.2, 0.25) is 0 Å². The molecule has 0 bridgehead atoms. The van der Waals surface area contributed by atoms with Crippen LogP contribution in [0.3, 0.4) is 0 Å². The second-order valence-electron chi connectivity index (χ2n) is 6.88. The summed E-state index contributed by atoms with van der Waals surface area (Å²) in [5, 5.41) is 0. The fraction of sp³-hybridized carbons (Fsp3) is 0.0909. The first-order valence-electron chi connectivity index (χ1n) is 9.26. The molecule has 10 heteroatoms. The molecule has 6 nitrogen and oxygen atoms in total. The average molecular weight is 460 g/mol. The number of halogens is 3. The molecule has 0 fully saturated rings. The van der Waals surface area contributed by atoms with Crippen molar-refractivity contribution in [3.05, 3.63) is 83.7 Å². The molecular formula is C22H15F3N2O4S. The highest BCUT2D eigenvalue weighted by molar-refractivity contribution is 7.93. The summed E-state index contributed by atoms with van der Waals surface area (Å²) >= 11 is 0. The molecule has 0 atom stereocenters. The molecule has 2 heterocycles. The van der Waals surface area contributed by atoms with Crippen molar-refractivity contribution in [1.82, 2.24) is 4.98 Å². The molecule has 1 aliphatic heterocycles. The standard InChI is InChI=1S/C22H15F3N2O4S/c23-22(24,25)32(29,30)27-19-4-2-1-3-17(19)15-5-6-18-20(12-15)31-13-16(21(18)28)11-14-7-9-26-10-8-14/h1-12,27H,13H2/b16-11+. The van der Waals surface area contributed by atoms with E-state index in [1.54, 1.807) is 41.4 Å². The van der Waals surface area contributed by atoms with Crippen LogP contribution in [0.4, 0.5) is 18.9 Å². The smallest absolute Gasteiger partial charge is 0.488 e. The number of alkyl halides is 3. The molecule has 0 saturated carbocycles. The van der Waals surface area contributed by atoms with Gasteiger partial charge in [0.25, 0.3) is 0 Å². The maximum absolute atomic E-state index is 12.9. The topological polar surface area (TPSA) is 85.4 Å². The van der Waals surface area contributed by atoms with Crippen LogP contribution in [-0.4, -0.2) is 31.3 Å². The third-order valence-electron chi connectivity index (χ3n) is 4.74. The number of benzene rings is 2. The Balaban J connectivity index is 1.67. The summed E-state index contributed by atoms with van der Waals surface area (Å²) in [5.41, 5.74) is -3.58. The summed E-state index contributed by atoms with van der Waals surface area (Å²) in [4.78, 5) is 16.8. The van der Waals surface area contributed by atoms with Gasteiger partial charge in [0.2, 0.25) is 0 Å². The number of hydrogen-bond donors (Lipinski definition) is 1. The van der Waals surface area contributed by atoms with Crippen molar-refractivity contribution < 1.29 is 31.1 Å². The van der Waals surface area contributed by atoms with Gasteiger partial charge in [-0.1, -0.05) is 24.3 Å². The Morgan fingerprint density at radius 2 is 1.72 bits per heavy atom. The molecule has 164 valence electrons. The summed E-state index contributed by atoms with van der Waals surface area (Å²) in [6.07, 6.45) is 4.90. The van der Waals surface area contributed by atoms with E-state index in [9.17, 15) is 26.4 Å². The predicted octanol–water partition coefficient (Wildman–Crippen LogP) is 4.67. The van der Waals surface area contributed by atoms with Gasteiger partial charge in [-0.25, -0.2) is 0 Å². The zero-order valence-electron chi connectivity index (χ0n) is 16.3. The number of aromatic nitrogens is 1. The maximum atomic E-state index is 12.9. The third kappa shape index (κ3) is 4.22. The summed E-state index contributed by atoms with van der Waals surface area (Å²) in [6, 6.07) is 13.7. The third-order valence-corrected chi connectivity index (χ3v) is 5.83. The van der Waals surface area contributed by atoms with E-state index in [0.717, 1.165) is 5.56 Å². The molecule has 0 amide bonds. The van der Waals surface area contributed by atoms with Crippen LogP contribution < -0.4 is 9.46 Å². The Morgan fingerprint density at radius 1 is 1.00 bits per heavy atom. The first-order valence-corrected chi connectivity index (χ1v) is 10.7. The SMILES string of the molecule is O=C1/C(=C/c2ccncc2)COc2cc(-c3ccccc3NS(=O)(=O)C(F)(F)F)ccc21. The number of para-hydroxylation sites is 1. The number of anilines is 1. The summed E-state index contributed by atoms with van der Waals surface area (Å²) in [6.45, 7) is 0.0138. The number of carbonyl (C=O) groups excluding carboxylic acids is 1. The van der Waals surface area contributed by atoms with Gasteiger partial charge in [-0.15, -0.1) is 0 Å². The minimum Gasteiger partial charge on any atom is -0.488 e. The van der Waals surface area contributed by atoms with E-state index in [-0.39, 0.29) is 29.4 Å². The number of Topliss-reactive ketones (excluding diaryl/α,β-unsaturated/α-hetero) is 1. The Labute approximate surface area is 181 Å². The lowest BCUT2D eigenvalue weighted by molar-refractivity contribution is -0.0429. The number of hydrogen-bond acceptors (Lipinski definition) is 5. The average Bonchev–Trinajstić information content (AvgIpc) is 2.75. The highest BCUT2D eigenvalue weighted by atomic mass is 32.2. The van der Waals surface area contributed by atoms with Crippen LogP contribution in [0.5, 0.6) is 5.75 Å². The molecule has 1 aromatic heterocycles. The van der Waals surface area contributed by atoms with Gasteiger partial charge in [0, 0.05) is 23.5 Å². The van der Waals surface area contributed by atoms with Gasteiger partial charge in [0.15, 0.2) is 5.78 Å². The number of sulfonamides is 1. The zero-order chi connectivity index (χ0) is 22.9. The Hall–Kier alpha value is -3.66. The van der Waals surface area contributed by atoms with Gasteiger partial charge in [-0.3, -0.25) is 14.5 Å². The summed E-state index contributed by atoms with van der Waals surface area (Å²) in [5.74, 6) is 0.0218. The van der Waals surface area contributed by atoms with Crippen molar-refractivity contribution in [2.24, 2.45) is 0 Å². The molecular weight excluding hydrogens is 445 g/mol. The first-order chi connectivity index (χ1) is 15.2. The van der Waals surface area contributed by atoms with Crippen LogP contribution in [0.15, 0.2) is 72.6 Å². The molecule has 0 saturated heterocycles. The normalized spacial score (nSPS) is 15.2. The van der Waals surface area contributed by atoms with Crippen molar-refractivity contribution >= 4 is 27.6 Å². The molecule has 1 N–H and O–H groups in total. The fourth-order valence-electron chi connectivity index (χ4n) is 3.19. The number of carbonyl (C=O) groups is 1. The quantitative estimate of drug-likeness (QED) is 0.572. The second kappa shape index (κ2) is 8.12. The first kappa shape index (κ1) is 21.6. The number of pyridine rings is 1. The van der Waals surface area contributed by atoms with E-state index >= 15 is 0 Å². The van der Waals surface area contributed by atoms with E-state index in [4.69, 9.17) is 4.74 Å². The van der Waals surface area contributed by atoms with E-state index in [2.05, 4.69) is 4.98 Å². The highest BCUT2D eigenvalue weighted by Crippen LogP contribution is 2.36. The summed E-state index contributed by atoms with van der Waals surface area (Å²) < 4.78 is 68.8. The molecule has 0 unspecified atom stereocenters. The molecule has 1 aliphatic rings. The van der Waals surface area contributed by atoms with Gasteiger partial charge in [-0.2, -0.15) is 21.6 Å². The second-order valence-corrected chi connectivity index (χ2v) is 8.55. The number of fused-ring (bicyclic) bond motifs is 1. The van der Waals surface area contributed by atoms with Crippen LogP contribution in [0.25, 0.3) is 17.2 Å². The Bertz CT molecular complexity index is 1320. The lowest BCUT2D eigenvalue weighted by Gasteiger charge is -2.20. The molecule has 3 aromatic rings. The fourth-order valence-corrected chi connectivity index (χ4v) is 3.77. The van der Waals surface area contributed by atoms with Gasteiger partial charge in [0.05, 0.1) is 11.3 Å². The van der Waals surface area contributed by atoms with Crippen molar-refractivity contribution in [2.75, 3.05) is 11.3 Å². The van der Waals surface area contributed by atoms with Gasteiger partial charge in [0.1, 0.15) is 12.4 Å². The molecule has 2 aromatic carbocycles. The molecule has 0 aliphatic carbocycles. The van der Waals surface area contributed by atoms with Crippen LogP contribution in [0.1, 0.15) is 15.9 Å². The van der Waals surface area contributed by atoms with Crippen molar-refractivity contribution in [3.63, 3.8) is 0 Å². The molecule has 0 spiro atoms. The zero-order valence-corrected chi connectivity index (χ0v) is 17.1. The van der Waals surface area contributed by atoms with Crippen LogP contribution in [-0.2, 0) is 10.0 Å². The number of nitrogens with one attached hydrogen (secondary N) is 1.